The van der Waals surface area contributed by atoms with Gasteiger partial charge in [0.1, 0.15) is 5.76 Å². The molecule has 0 spiro atoms. The molecule has 0 radical (unpaired) electrons. The van der Waals surface area contributed by atoms with E-state index in [1.807, 2.05) is 0 Å². The van der Waals surface area contributed by atoms with Crippen LogP contribution in [-0.4, -0.2) is 20.7 Å². The van der Waals surface area contributed by atoms with Crippen LogP contribution >= 0.6 is 0 Å². The van der Waals surface area contributed by atoms with Crippen molar-refractivity contribution in [3.63, 3.8) is 0 Å². The fraction of sp³-hybridized carbons (Fsp3) is 0.556. The number of ether oxygens (including phenoxy) is 1. The Labute approximate surface area is 123 Å². The molecule has 1 aromatic carbocycles. The molecule has 0 aromatic heterocycles. The van der Waals surface area contributed by atoms with E-state index in [4.69, 9.17) is 4.74 Å². The van der Waals surface area contributed by atoms with Crippen molar-refractivity contribution in [2.45, 2.75) is 34.6 Å². The second-order valence-corrected chi connectivity index (χ2v) is 7.57. The highest BCUT2D eigenvalue weighted by Crippen LogP contribution is 2.49. The Morgan fingerprint density at radius 2 is 1.60 bits per heavy atom. The highest BCUT2D eigenvalue weighted by molar-refractivity contribution is 5.69. The number of nitrogens with zero attached hydrogens (tertiary/aromatic N) is 1. The fourth-order valence-corrected chi connectivity index (χ4v) is 3.20. The van der Waals surface area contributed by atoms with E-state index in [1.54, 1.807) is 0 Å². The van der Waals surface area contributed by atoms with Crippen molar-refractivity contribution in [2.75, 3.05) is 25.6 Å². The first-order valence-corrected chi connectivity index (χ1v) is 7.29. The summed E-state index contributed by atoms with van der Waals surface area (Å²) in [5.74, 6) is 1.08. The second-order valence-electron chi connectivity index (χ2n) is 7.57. The van der Waals surface area contributed by atoms with Gasteiger partial charge in [-0.3, -0.25) is 0 Å². The topological polar surface area (TPSA) is 12.5 Å². The molecule has 1 aliphatic heterocycles. The number of benzene rings is 1. The van der Waals surface area contributed by atoms with Crippen LogP contribution in [0.1, 0.15) is 40.2 Å². The molecule has 110 valence electrons. The third-order valence-corrected chi connectivity index (χ3v) is 3.88. The summed E-state index contributed by atoms with van der Waals surface area (Å²) in [6.07, 6.45) is 0. The van der Waals surface area contributed by atoms with E-state index >= 15 is 0 Å². The van der Waals surface area contributed by atoms with Gasteiger partial charge in [-0.25, -0.2) is 0 Å². The molecule has 0 N–H and O–H groups in total. The lowest BCUT2D eigenvalue weighted by Crippen LogP contribution is -2.24. The predicted octanol–water partition coefficient (Wildman–Crippen LogP) is 4.57. The maximum absolute atomic E-state index is 6.06. The molecule has 0 atom stereocenters. The van der Waals surface area contributed by atoms with Crippen molar-refractivity contribution in [1.29, 1.82) is 0 Å². The van der Waals surface area contributed by atoms with Gasteiger partial charge >= 0.3 is 0 Å². The van der Waals surface area contributed by atoms with E-state index in [1.165, 1.54) is 16.8 Å². The molecule has 0 unspecified atom stereocenters. The molecule has 2 rings (SSSR count). The summed E-state index contributed by atoms with van der Waals surface area (Å²) < 4.78 is 6.06. The molecule has 1 aromatic rings. The van der Waals surface area contributed by atoms with Gasteiger partial charge in [0.15, 0.2) is 0 Å². The zero-order chi connectivity index (χ0) is 15.1. The molecule has 0 bridgehead atoms. The molecule has 0 saturated heterocycles. The van der Waals surface area contributed by atoms with Crippen molar-refractivity contribution >= 4 is 11.4 Å². The van der Waals surface area contributed by atoms with Crippen molar-refractivity contribution in [1.82, 2.24) is 0 Å². The number of rotatable bonds is 2. The van der Waals surface area contributed by atoms with E-state index < -0.39 is 0 Å². The molecule has 2 heteroatoms. The van der Waals surface area contributed by atoms with Crippen molar-refractivity contribution in [3.05, 3.63) is 35.4 Å². The van der Waals surface area contributed by atoms with Crippen LogP contribution < -0.4 is 4.90 Å². The Morgan fingerprint density at radius 3 is 2.05 bits per heavy atom. The summed E-state index contributed by atoms with van der Waals surface area (Å²) in [6.45, 7) is 12.1. The molecule has 0 fully saturated rings. The van der Waals surface area contributed by atoms with Crippen LogP contribution in [0.2, 0.25) is 0 Å². The molecule has 1 aliphatic rings. The minimum absolute atomic E-state index is 0.105. The summed E-state index contributed by atoms with van der Waals surface area (Å²) in [6, 6.07) is 8.63. The summed E-state index contributed by atoms with van der Waals surface area (Å²) in [7, 11) is 4.12. The maximum Gasteiger partial charge on any atom is 0.126 e. The summed E-state index contributed by atoms with van der Waals surface area (Å²) in [5, 5.41) is 0. The van der Waals surface area contributed by atoms with E-state index in [2.05, 4.69) is 77.9 Å². The van der Waals surface area contributed by atoms with Gasteiger partial charge in [-0.1, -0.05) is 34.6 Å². The summed E-state index contributed by atoms with van der Waals surface area (Å²) in [5.41, 5.74) is 4.04. The average Bonchev–Trinajstić information content (AvgIpc) is 2.64. The van der Waals surface area contributed by atoms with E-state index in [9.17, 15) is 0 Å². The minimum atomic E-state index is 0.105. The molecular weight excluding hydrogens is 246 g/mol. The lowest BCUT2D eigenvalue weighted by Gasteiger charge is -2.30. The van der Waals surface area contributed by atoms with Crippen LogP contribution in [0.25, 0.3) is 5.76 Å². The number of anilines is 1. The van der Waals surface area contributed by atoms with Crippen molar-refractivity contribution in [2.24, 2.45) is 10.8 Å². The molecule has 0 amide bonds. The SMILES string of the molecule is CN(C)c1ccc(C2=C(C(C)(C)C)C(C)(C)CO2)cc1. The zero-order valence-electron chi connectivity index (χ0n) is 13.9. The minimum Gasteiger partial charge on any atom is -0.492 e. The van der Waals surface area contributed by atoms with Crippen LogP contribution in [0.3, 0.4) is 0 Å². The third-order valence-electron chi connectivity index (χ3n) is 3.88. The lowest BCUT2D eigenvalue weighted by atomic mass is 9.71. The smallest absolute Gasteiger partial charge is 0.126 e. The highest BCUT2D eigenvalue weighted by atomic mass is 16.5. The first-order valence-electron chi connectivity index (χ1n) is 7.29. The molecule has 0 aliphatic carbocycles. The number of hydrogen-bond acceptors (Lipinski definition) is 2. The van der Waals surface area contributed by atoms with Gasteiger partial charge in [-0.2, -0.15) is 0 Å². The quantitative estimate of drug-likeness (QED) is 0.783. The van der Waals surface area contributed by atoms with Crippen LogP contribution in [0.5, 0.6) is 0 Å². The van der Waals surface area contributed by atoms with E-state index in [0.717, 1.165) is 12.4 Å². The standard InChI is InChI=1S/C18H27NO/c1-17(2,3)16-15(20-12-18(16,4)5)13-8-10-14(11-9-13)19(6)7/h8-11H,12H2,1-7H3. The van der Waals surface area contributed by atoms with Crippen LogP contribution in [0, 0.1) is 10.8 Å². The molecule has 0 saturated carbocycles. The second kappa shape index (κ2) is 4.83. The van der Waals surface area contributed by atoms with Crippen LogP contribution in [-0.2, 0) is 4.74 Å². The highest BCUT2D eigenvalue weighted by Gasteiger charge is 2.41. The predicted molar refractivity (Wildman–Crippen MR) is 86.9 cm³/mol. The monoisotopic (exact) mass is 273 g/mol. The third kappa shape index (κ3) is 2.70. The maximum atomic E-state index is 6.06. The van der Waals surface area contributed by atoms with E-state index in [0.29, 0.717) is 0 Å². The average molecular weight is 273 g/mol. The Morgan fingerprint density at radius 1 is 1.05 bits per heavy atom. The Kier molecular flexibility index (Phi) is 3.62. The Balaban J connectivity index is 2.49. The first-order chi connectivity index (χ1) is 9.13. The van der Waals surface area contributed by atoms with Gasteiger partial charge in [-0.15, -0.1) is 0 Å². The van der Waals surface area contributed by atoms with Gasteiger partial charge in [0.05, 0.1) is 6.61 Å². The van der Waals surface area contributed by atoms with Gasteiger partial charge in [0, 0.05) is 30.8 Å². The van der Waals surface area contributed by atoms with Crippen LogP contribution in [0.15, 0.2) is 29.8 Å². The van der Waals surface area contributed by atoms with Gasteiger partial charge < -0.3 is 9.64 Å². The molecule has 20 heavy (non-hydrogen) atoms. The van der Waals surface area contributed by atoms with Gasteiger partial charge in [0.2, 0.25) is 0 Å². The first kappa shape index (κ1) is 15.0. The largest absolute Gasteiger partial charge is 0.492 e. The summed E-state index contributed by atoms with van der Waals surface area (Å²) in [4.78, 5) is 2.11. The van der Waals surface area contributed by atoms with E-state index in [-0.39, 0.29) is 10.8 Å². The normalized spacial score (nSPS) is 18.1. The molecule has 2 nitrogen and oxygen atoms in total. The van der Waals surface area contributed by atoms with Crippen molar-refractivity contribution in [3.8, 4) is 0 Å². The Bertz CT molecular complexity index is 515. The van der Waals surface area contributed by atoms with Crippen LogP contribution in [0.4, 0.5) is 5.69 Å². The fourth-order valence-electron chi connectivity index (χ4n) is 3.20. The zero-order valence-corrected chi connectivity index (χ0v) is 13.9. The summed E-state index contributed by atoms with van der Waals surface area (Å²) >= 11 is 0. The van der Waals surface area contributed by atoms with Gasteiger partial charge in [-0.05, 0) is 35.3 Å². The molecule has 1 heterocycles. The lowest BCUT2D eigenvalue weighted by molar-refractivity contribution is 0.213. The van der Waals surface area contributed by atoms with Crippen molar-refractivity contribution < 1.29 is 4.74 Å². The van der Waals surface area contributed by atoms with Gasteiger partial charge in [0.25, 0.3) is 0 Å². The number of hydrogen-bond donors (Lipinski definition) is 0. The Hall–Kier alpha value is -1.44. The molecular formula is C18H27NO.